The van der Waals surface area contributed by atoms with Crippen molar-refractivity contribution in [3.63, 3.8) is 0 Å². The molecule has 6 heteroatoms. The van der Waals surface area contributed by atoms with Crippen LogP contribution in [-0.4, -0.2) is 74.5 Å². The zero-order chi connectivity index (χ0) is 16.7. The minimum atomic E-state index is -0.0906. The van der Waals surface area contributed by atoms with Crippen molar-refractivity contribution in [2.45, 2.75) is 58.2 Å². The molecular formula is C17H34N4O2. The maximum absolute atomic E-state index is 5.82. The first-order chi connectivity index (χ1) is 11.0. The van der Waals surface area contributed by atoms with Gasteiger partial charge < -0.3 is 20.1 Å². The number of nitrogens with one attached hydrogen (secondary N) is 2. The molecule has 2 aliphatic rings. The fourth-order valence-corrected chi connectivity index (χ4v) is 3.31. The molecule has 0 spiro atoms. The zero-order valence-corrected chi connectivity index (χ0v) is 15.2. The monoisotopic (exact) mass is 326 g/mol. The minimum Gasteiger partial charge on any atom is -0.379 e. The molecule has 0 aromatic heterocycles. The molecule has 0 bridgehead atoms. The standard InChI is InChI=1S/C17H34N4O2/c1-5-18-16(20-13-17(4)7-6-9-23-17)19-11-14(2)21-8-10-22-12-15(21)3/h14-15H,5-13H2,1-4H3,(H2,18,19,20). The fraction of sp³-hybridized carbons (Fsp3) is 0.941. The molecule has 0 saturated carbocycles. The third kappa shape index (κ3) is 5.62. The van der Waals surface area contributed by atoms with Gasteiger partial charge in [-0.2, -0.15) is 0 Å². The van der Waals surface area contributed by atoms with Gasteiger partial charge in [0.1, 0.15) is 0 Å². The van der Waals surface area contributed by atoms with Crippen LogP contribution in [0, 0.1) is 0 Å². The van der Waals surface area contributed by atoms with Crippen molar-refractivity contribution >= 4 is 5.96 Å². The second kappa shape index (κ2) is 8.85. The van der Waals surface area contributed by atoms with Crippen molar-refractivity contribution < 1.29 is 9.47 Å². The molecule has 3 atom stereocenters. The fourth-order valence-electron chi connectivity index (χ4n) is 3.31. The summed E-state index contributed by atoms with van der Waals surface area (Å²) in [6, 6.07) is 0.932. The van der Waals surface area contributed by atoms with Crippen molar-refractivity contribution in [2.75, 3.05) is 46.0 Å². The quantitative estimate of drug-likeness (QED) is 0.568. The number of hydrogen-bond donors (Lipinski definition) is 2. The Balaban J connectivity index is 1.83. The molecule has 3 unspecified atom stereocenters. The molecule has 0 aliphatic carbocycles. The maximum Gasteiger partial charge on any atom is 0.191 e. The van der Waals surface area contributed by atoms with Crippen LogP contribution in [0.1, 0.15) is 40.5 Å². The Morgan fingerprint density at radius 3 is 2.87 bits per heavy atom. The van der Waals surface area contributed by atoms with E-state index in [1.165, 1.54) is 0 Å². The molecule has 0 radical (unpaired) electrons. The minimum absolute atomic E-state index is 0.0906. The Morgan fingerprint density at radius 1 is 1.39 bits per heavy atom. The topological polar surface area (TPSA) is 58.1 Å². The molecule has 2 heterocycles. The van der Waals surface area contributed by atoms with Crippen molar-refractivity contribution in [3.05, 3.63) is 0 Å². The molecule has 0 aromatic carbocycles. The van der Waals surface area contributed by atoms with E-state index in [1.54, 1.807) is 0 Å². The third-order valence-corrected chi connectivity index (χ3v) is 4.77. The second-order valence-electron chi connectivity index (χ2n) is 6.99. The number of aliphatic imine (C=N–C) groups is 1. The van der Waals surface area contributed by atoms with Gasteiger partial charge in [0.15, 0.2) is 5.96 Å². The summed E-state index contributed by atoms with van der Waals surface area (Å²) in [5.74, 6) is 0.886. The van der Waals surface area contributed by atoms with Gasteiger partial charge in [0, 0.05) is 38.3 Å². The van der Waals surface area contributed by atoms with Crippen LogP contribution in [0.2, 0.25) is 0 Å². The highest BCUT2D eigenvalue weighted by atomic mass is 16.5. The Labute approximate surface area is 141 Å². The SMILES string of the molecule is CCNC(=NCC1(C)CCCO1)NCC(C)N1CCOCC1C. The van der Waals surface area contributed by atoms with Gasteiger partial charge >= 0.3 is 0 Å². The van der Waals surface area contributed by atoms with Crippen molar-refractivity contribution in [1.29, 1.82) is 0 Å². The predicted molar refractivity (Wildman–Crippen MR) is 94.0 cm³/mol. The normalized spacial score (nSPS) is 31.1. The van der Waals surface area contributed by atoms with Gasteiger partial charge in [0.2, 0.25) is 0 Å². The zero-order valence-electron chi connectivity index (χ0n) is 15.2. The lowest BCUT2D eigenvalue weighted by Gasteiger charge is -2.38. The van der Waals surface area contributed by atoms with Crippen LogP contribution >= 0.6 is 0 Å². The summed E-state index contributed by atoms with van der Waals surface area (Å²) >= 11 is 0. The summed E-state index contributed by atoms with van der Waals surface area (Å²) in [4.78, 5) is 7.23. The van der Waals surface area contributed by atoms with Gasteiger partial charge in [-0.25, -0.2) is 0 Å². The number of guanidine groups is 1. The molecule has 6 nitrogen and oxygen atoms in total. The van der Waals surface area contributed by atoms with Crippen LogP contribution < -0.4 is 10.6 Å². The first kappa shape index (κ1) is 18.5. The highest BCUT2D eigenvalue weighted by Gasteiger charge is 2.29. The summed E-state index contributed by atoms with van der Waals surface area (Å²) in [5, 5.41) is 6.81. The summed E-state index contributed by atoms with van der Waals surface area (Å²) in [5.41, 5.74) is -0.0906. The van der Waals surface area contributed by atoms with E-state index in [0.29, 0.717) is 18.6 Å². The van der Waals surface area contributed by atoms with E-state index in [-0.39, 0.29) is 5.60 Å². The highest BCUT2D eigenvalue weighted by Crippen LogP contribution is 2.24. The number of morpholine rings is 1. The Morgan fingerprint density at radius 2 is 2.22 bits per heavy atom. The third-order valence-electron chi connectivity index (χ3n) is 4.77. The van der Waals surface area contributed by atoms with E-state index in [0.717, 1.165) is 58.3 Å². The molecule has 23 heavy (non-hydrogen) atoms. The van der Waals surface area contributed by atoms with Crippen LogP contribution in [0.4, 0.5) is 0 Å². The van der Waals surface area contributed by atoms with Gasteiger partial charge in [0.25, 0.3) is 0 Å². The molecule has 2 rings (SSSR count). The lowest BCUT2D eigenvalue weighted by molar-refractivity contribution is -0.0174. The van der Waals surface area contributed by atoms with Crippen LogP contribution in [-0.2, 0) is 9.47 Å². The van der Waals surface area contributed by atoms with E-state index in [1.807, 2.05) is 0 Å². The van der Waals surface area contributed by atoms with Crippen molar-refractivity contribution in [2.24, 2.45) is 4.99 Å². The Hall–Kier alpha value is -0.850. The number of nitrogens with zero attached hydrogens (tertiary/aromatic N) is 2. The summed E-state index contributed by atoms with van der Waals surface area (Å²) in [6.45, 7) is 14.7. The van der Waals surface area contributed by atoms with Crippen LogP contribution in [0.15, 0.2) is 4.99 Å². The average molecular weight is 326 g/mol. The van der Waals surface area contributed by atoms with Gasteiger partial charge in [-0.1, -0.05) is 0 Å². The molecule has 134 valence electrons. The molecule has 2 aliphatic heterocycles. The Bertz CT molecular complexity index is 383. The molecule has 0 amide bonds. The number of ether oxygens (including phenoxy) is 2. The largest absolute Gasteiger partial charge is 0.379 e. The van der Waals surface area contributed by atoms with Crippen molar-refractivity contribution in [3.8, 4) is 0 Å². The molecule has 0 aromatic rings. The molecule has 2 fully saturated rings. The van der Waals surface area contributed by atoms with E-state index < -0.39 is 0 Å². The maximum atomic E-state index is 5.82. The molecule has 2 N–H and O–H groups in total. The van der Waals surface area contributed by atoms with E-state index in [2.05, 4.69) is 43.2 Å². The van der Waals surface area contributed by atoms with E-state index in [4.69, 9.17) is 14.5 Å². The summed E-state index contributed by atoms with van der Waals surface area (Å²) in [7, 11) is 0. The van der Waals surface area contributed by atoms with Gasteiger partial charge in [-0.3, -0.25) is 9.89 Å². The second-order valence-corrected chi connectivity index (χ2v) is 6.99. The Kier molecular flexibility index (Phi) is 7.11. The lowest BCUT2D eigenvalue weighted by atomic mass is 10.0. The smallest absolute Gasteiger partial charge is 0.191 e. The number of hydrogen-bond acceptors (Lipinski definition) is 4. The van der Waals surface area contributed by atoms with Gasteiger partial charge in [-0.05, 0) is 40.5 Å². The lowest BCUT2D eigenvalue weighted by Crippen LogP contribution is -2.53. The van der Waals surface area contributed by atoms with Crippen LogP contribution in [0.25, 0.3) is 0 Å². The first-order valence-corrected chi connectivity index (χ1v) is 9.04. The van der Waals surface area contributed by atoms with Crippen LogP contribution in [0.5, 0.6) is 0 Å². The molecular weight excluding hydrogens is 292 g/mol. The highest BCUT2D eigenvalue weighted by molar-refractivity contribution is 5.79. The van der Waals surface area contributed by atoms with E-state index in [9.17, 15) is 0 Å². The summed E-state index contributed by atoms with van der Waals surface area (Å²) in [6.07, 6.45) is 2.24. The van der Waals surface area contributed by atoms with E-state index >= 15 is 0 Å². The number of rotatable bonds is 6. The van der Waals surface area contributed by atoms with Gasteiger partial charge in [-0.15, -0.1) is 0 Å². The summed E-state index contributed by atoms with van der Waals surface area (Å²) < 4.78 is 11.3. The average Bonchev–Trinajstić information content (AvgIpc) is 2.97. The van der Waals surface area contributed by atoms with Crippen molar-refractivity contribution in [1.82, 2.24) is 15.5 Å². The molecule has 2 saturated heterocycles. The first-order valence-electron chi connectivity index (χ1n) is 9.04. The van der Waals surface area contributed by atoms with Gasteiger partial charge in [0.05, 0.1) is 25.4 Å². The van der Waals surface area contributed by atoms with Crippen LogP contribution in [0.3, 0.4) is 0 Å². The predicted octanol–water partition coefficient (Wildman–Crippen LogP) is 1.22.